The lowest BCUT2D eigenvalue weighted by Crippen LogP contribution is -2.30. The van der Waals surface area contributed by atoms with E-state index in [0.717, 1.165) is 10.9 Å². The van der Waals surface area contributed by atoms with Crippen LogP contribution in [0.4, 0.5) is 4.39 Å². The number of nitrogens with zero attached hydrogens (tertiary/aromatic N) is 1. The predicted octanol–water partition coefficient (Wildman–Crippen LogP) is 2.48. The van der Waals surface area contributed by atoms with Gasteiger partial charge in [-0.25, -0.2) is 4.39 Å². The van der Waals surface area contributed by atoms with Crippen LogP contribution in [0.3, 0.4) is 0 Å². The molecule has 0 aliphatic rings. The Balaban J connectivity index is 1.99. The predicted molar refractivity (Wildman–Crippen MR) is 85.5 cm³/mol. The van der Waals surface area contributed by atoms with Crippen LogP contribution in [0.2, 0.25) is 0 Å². The van der Waals surface area contributed by atoms with Crippen LogP contribution in [-0.2, 0) is 0 Å². The lowest BCUT2D eigenvalue weighted by Gasteiger charge is -2.07. The molecule has 1 heterocycles. The largest absolute Gasteiger partial charge is 0.392 e. The first-order valence-electron chi connectivity index (χ1n) is 7.25. The fourth-order valence-corrected chi connectivity index (χ4v) is 2.35. The fraction of sp³-hybridized carbons (Fsp3) is 0.176. The maximum Gasteiger partial charge on any atom is 0.251 e. The number of H-pyrrole nitrogens is 1. The molecule has 5 nitrogen and oxygen atoms in total. The maximum absolute atomic E-state index is 13.4. The number of hydrogen-bond donors (Lipinski definition) is 3. The summed E-state index contributed by atoms with van der Waals surface area (Å²) in [7, 11) is 0. The normalized spacial score (nSPS) is 12.3. The second-order valence-corrected chi connectivity index (χ2v) is 5.40. The van der Waals surface area contributed by atoms with E-state index in [1.54, 1.807) is 37.3 Å². The molecule has 0 spiro atoms. The van der Waals surface area contributed by atoms with Crippen molar-refractivity contribution in [2.75, 3.05) is 6.54 Å². The van der Waals surface area contributed by atoms with Crippen LogP contribution in [0.15, 0.2) is 42.5 Å². The van der Waals surface area contributed by atoms with Crippen molar-refractivity contribution in [3.05, 3.63) is 53.8 Å². The van der Waals surface area contributed by atoms with Gasteiger partial charge >= 0.3 is 0 Å². The molecule has 1 amide bonds. The molecule has 6 heteroatoms. The molecule has 3 N–H and O–H groups in total. The number of aliphatic hydroxyl groups excluding tert-OH is 1. The Labute approximate surface area is 132 Å². The molecule has 0 aliphatic carbocycles. The number of aromatic amines is 1. The Hall–Kier alpha value is -2.73. The molecule has 0 fully saturated rings. The van der Waals surface area contributed by atoms with E-state index in [0.29, 0.717) is 16.8 Å². The van der Waals surface area contributed by atoms with E-state index in [9.17, 15) is 14.3 Å². The highest BCUT2D eigenvalue weighted by atomic mass is 19.1. The number of hydrogen-bond acceptors (Lipinski definition) is 3. The van der Waals surface area contributed by atoms with Gasteiger partial charge in [-0.2, -0.15) is 5.10 Å². The molecule has 0 aliphatic heterocycles. The number of carbonyl (C=O) groups is 1. The van der Waals surface area contributed by atoms with Crippen LogP contribution in [0.1, 0.15) is 17.3 Å². The highest BCUT2D eigenvalue weighted by Gasteiger charge is 2.13. The maximum atomic E-state index is 13.4. The minimum atomic E-state index is -0.612. The van der Waals surface area contributed by atoms with Crippen molar-refractivity contribution in [1.82, 2.24) is 15.5 Å². The van der Waals surface area contributed by atoms with Crippen LogP contribution in [0.25, 0.3) is 22.2 Å². The van der Waals surface area contributed by atoms with Gasteiger partial charge in [-0.15, -0.1) is 0 Å². The topological polar surface area (TPSA) is 78.0 Å². The molecule has 0 saturated carbocycles. The molecular weight excluding hydrogens is 297 g/mol. The van der Waals surface area contributed by atoms with E-state index in [2.05, 4.69) is 15.5 Å². The van der Waals surface area contributed by atoms with E-state index in [1.807, 2.05) is 0 Å². The van der Waals surface area contributed by atoms with Gasteiger partial charge < -0.3 is 10.4 Å². The summed E-state index contributed by atoms with van der Waals surface area (Å²) >= 11 is 0. The lowest BCUT2D eigenvalue weighted by molar-refractivity contribution is 0.0924. The van der Waals surface area contributed by atoms with E-state index >= 15 is 0 Å². The number of aromatic nitrogens is 2. The second-order valence-electron chi connectivity index (χ2n) is 5.40. The molecule has 0 radical (unpaired) electrons. The third kappa shape index (κ3) is 3.22. The number of benzene rings is 2. The van der Waals surface area contributed by atoms with Crippen LogP contribution < -0.4 is 5.32 Å². The summed E-state index contributed by atoms with van der Waals surface area (Å²) in [4.78, 5) is 12.1. The summed E-state index contributed by atoms with van der Waals surface area (Å²) in [5.74, 6) is -0.622. The Morgan fingerprint density at radius 2 is 2.17 bits per heavy atom. The van der Waals surface area contributed by atoms with Gasteiger partial charge in [0, 0.05) is 23.1 Å². The highest BCUT2D eigenvalue weighted by molar-refractivity contribution is 6.01. The van der Waals surface area contributed by atoms with Gasteiger partial charge in [0.2, 0.25) is 0 Å². The van der Waals surface area contributed by atoms with Crippen LogP contribution >= 0.6 is 0 Å². The first-order valence-corrected chi connectivity index (χ1v) is 7.25. The van der Waals surface area contributed by atoms with Crippen molar-refractivity contribution < 1.29 is 14.3 Å². The first kappa shape index (κ1) is 15.2. The second kappa shape index (κ2) is 6.18. The first-order chi connectivity index (χ1) is 11.0. The van der Waals surface area contributed by atoms with Crippen molar-refractivity contribution in [2.24, 2.45) is 0 Å². The van der Waals surface area contributed by atoms with Crippen molar-refractivity contribution in [3.63, 3.8) is 0 Å². The quantitative estimate of drug-likeness (QED) is 0.692. The van der Waals surface area contributed by atoms with Gasteiger partial charge in [0.15, 0.2) is 0 Å². The number of carbonyl (C=O) groups excluding carboxylic acids is 1. The van der Waals surface area contributed by atoms with Gasteiger partial charge in [-0.3, -0.25) is 9.89 Å². The van der Waals surface area contributed by atoms with Gasteiger partial charge in [-0.1, -0.05) is 12.1 Å². The molecule has 118 valence electrons. The van der Waals surface area contributed by atoms with Crippen molar-refractivity contribution >= 4 is 16.8 Å². The molecule has 0 saturated heterocycles. The number of fused-ring (bicyclic) bond motifs is 1. The molecule has 2 aromatic carbocycles. The summed E-state index contributed by atoms with van der Waals surface area (Å²) in [5, 5.41) is 19.7. The Morgan fingerprint density at radius 3 is 2.91 bits per heavy atom. The smallest absolute Gasteiger partial charge is 0.251 e. The highest BCUT2D eigenvalue weighted by Crippen LogP contribution is 2.27. The zero-order valence-electron chi connectivity index (χ0n) is 12.5. The van der Waals surface area contributed by atoms with Crippen molar-refractivity contribution in [1.29, 1.82) is 0 Å². The summed E-state index contributed by atoms with van der Waals surface area (Å²) < 4.78 is 13.4. The number of rotatable bonds is 4. The molecule has 1 aromatic heterocycles. The minimum absolute atomic E-state index is 0.180. The number of nitrogens with one attached hydrogen (secondary N) is 2. The molecular formula is C17H16FN3O2. The molecule has 1 unspecified atom stereocenters. The van der Waals surface area contributed by atoms with Crippen molar-refractivity contribution in [2.45, 2.75) is 13.0 Å². The molecule has 1 atom stereocenters. The van der Waals surface area contributed by atoms with Crippen LogP contribution in [-0.4, -0.2) is 33.9 Å². The summed E-state index contributed by atoms with van der Waals surface area (Å²) in [6, 6.07) is 11.3. The molecule has 0 bridgehead atoms. The van der Waals surface area contributed by atoms with E-state index in [-0.39, 0.29) is 18.3 Å². The standard InChI is InChI=1S/C17H16FN3O2/c1-10(22)9-19-17(23)12-5-6-15-14(8-12)16(21-20-15)11-3-2-4-13(18)7-11/h2-8,10,22H,9H2,1H3,(H,19,23)(H,20,21). The van der Waals surface area contributed by atoms with Crippen molar-refractivity contribution in [3.8, 4) is 11.3 Å². The molecule has 3 rings (SSSR count). The lowest BCUT2D eigenvalue weighted by atomic mass is 10.1. The van der Waals surface area contributed by atoms with Gasteiger partial charge in [0.05, 0.1) is 11.6 Å². The third-order valence-electron chi connectivity index (χ3n) is 3.48. The molecule has 3 aromatic rings. The van der Waals surface area contributed by atoms with E-state index in [1.165, 1.54) is 12.1 Å². The van der Waals surface area contributed by atoms with E-state index < -0.39 is 6.10 Å². The van der Waals surface area contributed by atoms with Crippen LogP contribution in [0, 0.1) is 5.82 Å². The Bertz CT molecular complexity index is 858. The minimum Gasteiger partial charge on any atom is -0.392 e. The SMILES string of the molecule is CC(O)CNC(=O)c1ccc2[nH]nc(-c3cccc(F)c3)c2c1. The van der Waals surface area contributed by atoms with Crippen LogP contribution in [0.5, 0.6) is 0 Å². The number of aliphatic hydroxyl groups is 1. The Kier molecular flexibility index (Phi) is 4.08. The summed E-state index contributed by atoms with van der Waals surface area (Å²) in [5.41, 5.74) is 2.44. The Morgan fingerprint density at radius 1 is 1.35 bits per heavy atom. The summed E-state index contributed by atoms with van der Waals surface area (Å²) in [6.07, 6.45) is -0.612. The zero-order chi connectivity index (χ0) is 16.4. The van der Waals surface area contributed by atoms with E-state index in [4.69, 9.17) is 0 Å². The van der Waals surface area contributed by atoms with Gasteiger partial charge in [0.1, 0.15) is 11.5 Å². The number of amides is 1. The zero-order valence-corrected chi connectivity index (χ0v) is 12.5. The average Bonchev–Trinajstić information content (AvgIpc) is 2.95. The fourth-order valence-electron chi connectivity index (χ4n) is 2.35. The van der Waals surface area contributed by atoms with Gasteiger partial charge in [-0.05, 0) is 37.3 Å². The third-order valence-corrected chi connectivity index (χ3v) is 3.48. The number of halogens is 1. The average molecular weight is 313 g/mol. The monoisotopic (exact) mass is 313 g/mol. The molecule has 23 heavy (non-hydrogen) atoms. The van der Waals surface area contributed by atoms with Gasteiger partial charge in [0.25, 0.3) is 5.91 Å². The summed E-state index contributed by atoms with van der Waals surface area (Å²) in [6.45, 7) is 1.78.